The molecule has 0 saturated carbocycles. The fraction of sp³-hybridized carbons (Fsp3) is 0.333. The van der Waals surface area contributed by atoms with Gasteiger partial charge in [0.05, 0.1) is 18.6 Å². The Morgan fingerprint density at radius 1 is 1.27 bits per heavy atom. The molecule has 8 nitrogen and oxygen atoms in total. The number of benzene rings is 1. The van der Waals surface area contributed by atoms with Crippen molar-refractivity contribution in [2.75, 3.05) is 19.8 Å². The number of aryl methyl sites for hydroxylation is 1. The van der Waals surface area contributed by atoms with Crippen LogP contribution in [-0.2, 0) is 16.1 Å². The maximum Gasteiger partial charge on any atom is 0.278 e. The van der Waals surface area contributed by atoms with Gasteiger partial charge in [-0.1, -0.05) is 17.3 Å². The molecule has 1 atom stereocenters. The minimum Gasteiger partial charge on any atom is -0.464 e. The highest BCUT2D eigenvalue weighted by Gasteiger charge is 2.31. The van der Waals surface area contributed by atoms with E-state index in [4.69, 9.17) is 9.15 Å². The van der Waals surface area contributed by atoms with Crippen LogP contribution in [0.2, 0.25) is 0 Å². The first-order valence-corrected chi connectivity index (χ1v) is 8.39. The lowest BCUT2D eigenvalue weighted by atomic mass is 10.1. The lowest BCUT2D eigenvalue weighted by molar-refractivity contribution is -0.142. The van der Waals surface area contributed by atoms with Crippen molar-refractivity contribution < 1.29 is 13.9 Å². The van der Waals surface area contributed by atoms with Crippen LogP contribution in [0.15, 0.2) is 45.6 Å². The summed E-state index contributed by atoms with van der Waals surface area (Å²) in [5, 5.41) is 8.36. The molecule has 3 heterocycles. The highest BCUT2D eigenvalue weighted by atomic mass is 16.5. The molecule has 1 aromatic carbocycles. The summed E-state index contributed by atoms with van der Waals surface area (Å²) in [6.45, 7) is 2.91. The monoisotopic (exact) mass is 354 g/mol. The second-order valence-electron chi connectivity index (χ2n) is 6.20. The molecular formula is C18H18N4O4. The highest BCUT2D eigenvalue weighted by molar-refractivity contribution is 5.78. The van der Waals surface area contributed by atoms with E-state index < -0.39 is 0 Å². The zero-order chi connectivity index (χ0) is 18.1. The van der Waals surface area contributed by atoms with E-state index in [1.165, 1.54) is 0 Å². The fourth-order valence-corrected chi connectivity index (χ4v) is 3.12. The molecule has 0 radical (unpaired) electrons. The maximum atomic E-state index is 12.8. The number of nitrogens with zero attached hydrogens (tertiary/aromatic N) is 4. The van der Waals surface area contributed by atoms with Crippen molar-refractivity contribution in [2.45, 2.75) is 19.5 Å². The number of furan rings is 1. The number of fused-ring (bicyclic) bond motifs is 1. The predicted molar refractivity (Wildman–Crippen MR) is 92.5 cm³/mol. The first kappa shape index (κ1) is 16.5. The van der Waals surface area contributed by atoms with Crippen LogP contribution in [0, 0.1) is 6.92 Å². The lowest BCUT2D eigenvalue weighted by Crippen LogP contribution is -2.45. The van der Waals surface area contributed by atoms with Gasteiger partial charge in [-0.15, -0.1) is 5.10 Å². The smallest absolute Gasteiger partial charge is 0.278 e. The molecule has 1 aliphatic heterocycles. The quantitative estimate of drug-likeness (QED) is 0.704. The lowest BCUT2D eigenvalue weighted by Gasteiger charge is -2.34. The van der Waals surface area contributed by atoms with Crippen LogP contribution in [-0.4, -0.2) is 45.6 Å². The Morgan fingerprint density at radius 3 is 2.92 bits per heavy atom. The van der Waals surface area contributed by atoms with Crippen LogP contribution in [0.4, 0.5) is 0 Å². The number of aromatic nitrogens is 3. The topological polar surface area (TPSA) is 90.5 Å². The molecule has 0 aliphatic carbocycles. The minimum absolute atomic E-state index is 0.174. The van der Waals surface area contributed by atoms with Gasteiger partial charge in [0.2, 0.25) is 5.91 Å². The minimum atomic E-state index is -0.331. The van der Waals surface area contributed by atoms with Gasteiger partial charge < -0.3 is 14.1 Å². The van der Waals surface area contributed by atoms with Crippen LogP contribution in [0.5, 0.6) is 0 Å². The summed E-state index contributed by atoms with van der Waals surface area (Å²) >= 11 is 0. The van der Waals surface area contributed by atoms with Gasteiger partial charge in [-0.3, -0.25) is 9.59 Å². The van der Waals surface area contributed by atoms with Gasteiger partial charge in [0.15, 0.2) is 0 Å². The number of rotatable bonds is 3. The summed E-state index contributed by atoms with van der Waals surface area (Å²) in [5.41, 5.74) is 0.180. The molecule has 0 spiro atoms. The molecule has 1 fully saturated rings. The number of morpholine rings is 1. The molecule has 26 heavy (non-hydrogen) atoms. The Balaban J connectivity index is 1.60. The summed E-state index contributed by atoms with van der Waals surface area (Å²) < 4.78 is 12.3. The van der Waals surface area contributed by atoms with Crippen LogP contribution in [0.25, 0.3) is 10.9 Å². The summed E-state index contributed by atoms with van der Waals surface area (Å²) in [4.78, 5) is 27.1. The Morgan fingerprint density at radius 2 is 2.12 bits per heavy atom. The number of carbonyl (C=O) groups is 1. The second kappa shape index (κ2) is 6.72. The van der Waals surface area contributed by atoms with E-state index in [1.54, 1.807) is 29.2 Å². The standard InChI is InChI=1S/C18H18N4O4/c1-12-6-7-16(26-12)15-11-25-9-8-21(15)17(23)10-22-18(24)13-4-2-3-5-14(13)19-20-22/h2-7,15H,8-11H2,1H3. The van der Waals surface area contributed by atoms with E-state index in [1.807, 2.05) is 19.1 Å². The van der Waals surface area contributed by atoms with Gasteiger partial charge in [-0.2, -0.15) is 0 Å². The molecule has 1 unspecified atom stereocenters. The van der Waals surface area contributed by atoms with Crippen molar-refractivity contribution in [1.82, 2.24) is 19.9 Å². The highest BCUT2D eigenvalue weighted by Crippen LogP contribution is 2.26. The summed E-state index contributed by atoms with van der Waals surface area (Å²) in [7, 11) is 0. The average molecular weight is 354 g/mol. The van der Waals surface area contributed by atoms with E-state index in [-0.39, 0.29) is 24.1 Å². The molecule has 1 saturated heterocycles. The van der Waals surface area contributed by atoms with E-state index in [9.17, 15) is 9.59 Å². The molecular weight excluding hydrogens is 336 g/mol. The van der Waals surface area contributed by atoms with Gasteiger partial charge in [0.1, 0.15) is 29.6 Å². The molecule has 8 heteroatoms. The molecule has 1 aliphatic rings. The van der Waals surface area contributed by atoms with Crippen molar-refractivity contribution in [3.05, 3.63) is 58.3 Å². The summed E-state index contributed by atoms with van der Waals surface area (Å²) in [6.07, 6.45) is 0. The molecule has 134 valence electrons. The molecule has 0 bridgehead atoms. The van der Waals surface area contributed by atoms with E-state index >= 15 is 0 Å². The normalized spacial score (nSPS) is 17.6. The van der Waals surface area contributed by atoms with Crippen molar-refractivity contribution in [2.24, 2.45) is 0 Å². The second-order valence-corrected chi connectivity index (χ2v) is 6.20. The first-order valence-electron chi connectivity index (χ1n) is 8.39. The Labute approximate surface area is 149 Å². The van der Waals surface area contributed by atoms with E-state index in [0.29, 0.717) is 36.4 Å². The average Bonchev–Trinajstić information content (AvgIpc) is 3.10. The number of amides is 1. The first-order chi connectivity index (χ1) is 12.6. The number of hydrogen-bond donors (Lipinski definition) is 0. The van der Waals surface area contributed by atoms with E-state index in [0.717, 1.165) is 10.4 Å². The van der Waals surface area contributed by atoms with Gasteiger partial charge in [0, 0.05) is 6.54 Å². The molecule has 2 aromatic heterocycles. The third-order valence-corrected chi connectivity index (χ3v) is 4.45. The largest absolute Gasteiger partial charge is 0.464 e. The zero-order valence-corrected chi connectivity index (χ0v) is 14.3. The van der Waals surface area contributed by atoms with Crippen LogP contribution in [0.3, 0.4) is 0 Å². The molecule has 1 amide bonds. The van der Waals surface area contributed by atoms with Crippen LogP contribution < -0.4 is 5.56 Å². The van der Waals surface area contributed by atoms with Crippen molar-refractivity contribution in [3.63, 3.8) is 0 Å². The SMILES string of the molecule is Cc1ccc(C2COCCN2C(=O)Cn2nnc3ccccc3c2=O)o1. The number of carbonyl (C=O) groups excluding carboxylic acids is 1. The third-order valence-electron chi connectivity index (χ3n) is 4.45. The molecule has 3 aromatic rings. The Bertz CT molecular complexity index is 1010. The number of hydrogen-bond acceptors (Lipinski definition) is 6. The summed E-state index contributed by atoms with van der Waals surface area (Å²) in [6, 6.07) is 10.3. The van der Waals surface area contributed by atoms with Crippen molar-refractivity contribution >= 4 is 16.8 Å². The van der Waals surface area contributed by atoms with Gasteiger partial charge in [-0.05, 0) is 31.2 Å². The molecule has 4 rings (SSSR count). The van der Waals surface area contributed by atoms with E-state index in [2.05, 4.69) is 10.3 Å². The van der Waals surface area contributed by atoms with Crippen molar-refractivity contribution in [3.8, 4) is 0 Å². The van der Waals surface area contributed by atoms with Crippen molar-refractivity contribution in [1.29, 1.82) is 0 Å². The summed E-state index contributed by atoms with van der Waals surface area (Å²) in [5.74, 6) is 1.22. The third kappa shape index (κ3) is 2.99. The van der Waals surface area contributed by atoms with Gasteiger partial charge in [-0.25, -0.2) is 4.68 Å². The number of ether oxygens (including phenoxy) is 1. The van der Waals surface area contributed by atoms with Crippen LogP contribution >= 0.6 is 0 Å². The Kier molecular flexibility index (Phi) is 4.26. The van der Waals surface area contributed by atoms with Gasteiger partial charge >= 0.3 is 0 Å². The molecule has 0 N–H and O–H groups in total. The van der Waals surface area contributed by atoms with Gasteiger partial charge in [0.25, 0.3) is 5.56 Å². The van der Waals surface area contributed by atoms with Crippen LogP contribution in [0.1, 0.15) is 17.6 Å². The maximum absolute atomic E-state index is 12.8. The Hall–Kier alpha value is -3.00. The fourth-order valence-electron chi connectivity index (χ4n) is 3.12. The zero-order valence-electron chi connectivity index (χ0n) is 14.3. The predicted octanol–water partition coefficient (Wildman–Crippen LogP) is 1.29.